The van der Waals surface area contributed by atoms with Crippen molar-refractivity contribution in [1.82, 2.24) is 9.97 Å². The second-order valence-corrected chi connectivity index (χ2v) is 2.49. The van der Waals surface area contributed by atoms with Gasteiger partial charge in [-0.05, 0) is 0 Å². The Labute approximate surface area is 77.9 Å². The van der Waals surface area contributed by atoms with Crippen molar-refractivity contribution in [3.05, 3.63) is 12.4 Å². The van der Waals surface area contributed by atoms with E-state index in [1.165, 1.54) is 6.07 Å². The molecule has 0 spiro atoms. The summed E-state index contributed by atoms with van der Waals surface area (Å²) in [7, 11) is 0. The first-order chi connectivity index (χ1) is 6.47. The maximum Gasteiger partial charge on any atom is 0.392 e. The van der Waals surface area contributed by atoms with E-state index in [1.54, 1.807) is 0 Å². The molecule has 0 saturated carbocycles. The maximum atomic E-state index is 11.7. The molecule has 0 unspecified atom stereocenters. The van der Waals surface area contributed by atoms with Gasteiger partial charge in [-0.25, -0.2) is 9.97 Å². The molecule has 0 saturated heterocycles. The van der Waals surface area contributed by atoms with Crippen LogP contribution in [0.4, 0.5) is 19.0 Å². The molecule has 0 aromatic carbocycles. The molecule has 78 valence electrons. The van der Waals surface area contributed by atoms with E-state index in [1.807, 2.05) is 0 Å². The molecule has 0 aliphatic rings. The first-order valence-electron chi connectivity index (χ1n) is 3.74. The number of anilines is 1. The Kier molecular flexibility index (Phi) is 3.10. The minimum atomic E-state index is -4.22. The molecule has 1 rings (SSSR count). The van der Waals surface area contributed by atoms with E-state index in [9.17, 15) is 13.2 Å². The number of alkyl halides is 3. The van der Waals surface area contributed by atoms with Crippen LogP contribution in [-0.4, -0.2) is 22.8 Å². The molecule has 0 fully saturated rings. The van der Waals surface area contributed by atoms with Gasteiger partial charge in [0.15, 0.2) is 0 Å². The zero-order valence-electron chi connectivity index (χ0n) is 7.08. The van der Waals surface area contributed by atoms with Gasteiger partial charge in [-0.15, -0.1) is 0 Å². The van der Waals surface area contributed by atoms with Gasteiger partial charge in [-0.1, -0.05) is 0 Å². The highest BCUT2D eigenvalue weighted by Crippen LogP contribution is 2.19. The first-order valence-corrected chi connectivity index (χ1v) is 3.74. The fourth-order valence-electron chi connectivity index (χ4n) is 0.704. The maximum absolute atomic E-state index is 11.7. The lowest BCUT2D eigenvalue weighted by Crippen LogP contribution is -2.13. The van der Waals surface area contributed by atoms with Crippen LogP contribution in [-0.2, 0) is 0 Å². The largest absolute Gasteiger partial charge is 0.477 e. The van der Waals surface area contributed by atoms with Gasteiger partial charge in [0.2, 0.25) is 5.88 Å². The Morgan fingerprint density at radius 1 is 1.36 bits per heavy atom. The van der Waals surface area contributed by atoms with Crippen molar-refractivity contribution in [3.63, 3.8) is 0 Å². The van der Waals surface area contributed by atoms with Crippen molar-refractivity contribution in [2.45, 2.75) is 12.6 Å². The van der Waals surface area contributed by atoms with E-state index in [2.05, 4.69) is 9.97 Å². The van der Waals surface area contributed by atoms with Crippen molar-refractivity contribution in [2.75, 3.05) is 12.3 Å². The van der Waals surface area contributed by atoms with Crippen LogP contribution in [0.15, 0.2) is 12.4 Å². The van der Waals surface area contributed by atoms with Crippen LogP contribution in [0, 0.1) is 0 Å². The predicted octanol–water partition coefficient (Wildman–Crippen LogP) is 1.39. The minimum absolute atomic E-state index is 0.0433. The molecule has 0 radical (unpaired) electrons. The summed E-state index contributed by atoms with van der Waals surface area (Å²) in [5, 5.41) is 0. The van der Waals surface area contributed by atoms with Gasteiger partial charge in [0, 0.05) is 6.07 Å². The monoisotopic (exact) mass is 207 g/mol. The summed E-state index contributed by atoms with van der Waals surface area (Å²) < 4.78 is 39.8. The molecule has 2 N–H and O–H groups in total. The van der Waals surface area contributed by atoms with Crippen LogP contribution < -0.4 is 10.5 Å². The van der Waals surface area contributed by atoms with Crippen molar-refractivity contribution in [2.24, 2.45) is 0 Å². The van der Waals surface area contributed by atoms with E-state index in [4.69, 9.17) is 10.5 Å². The third-order valence-corrected chi connectivity index (χ3v) is 1.30. The van der Waals surface area contributed by atoms with Crippen LogP contribution in [0.25, 0.3) is 0 Å². The molecule has 0 bridgehead atoms. The standard InChI is InChI=1S/C7H8F3N3O/c8-7(9,10)1-2-14-6-3-5(11)12-4-13-6/h3-4H,1-2H2,(H2,11,12,13). The minimum Gasteiger partial charge on any atom is -0.477 e. The zero-order chi connectivity index (χ0) is 10.6. The molecule has 0 amide bonds. The molecule has 1 aromatic rings. The Balaban J connectivity index is 2.39. The lowest BCUT2D eigenvalue weighted by Gasteiger charge is -2.07. The average molecular weight is 207 g/mol. The molecule has 0 atom stereocenters. The molecule has 1 heterocycles. The second kappa shape index (κ2) is 4.12. The lowest BCUT2D eigenvalue weighted by atomic mass is 10.4. The smallest absolute Gasteiger partial charge is 0.392 e. The predicted molar refractivity (Wildman–Crippen MR) is 42.6 cm³/mol. The van der Waals surface area contributed by atoms with Crippen LogP contribution in [0.5, 0.6) is 5.88 Å². The van der Waals surface area contributed by atoms with Gasteiger partial charge in [-0.2, -0.15) is 13.2 Å². The third-order valence-electron chi connectivity index (χ3n) is 1.30. The Bertz CT molecular complexity index is 302. The van der Waals surface area contributed by atoms with Gasteiger partial charge in [-0.3, -0.25) is 0 Å². The van der Waals surface area contributed by atoms with Crippen LogP contribution >= 0.6 is 0 Å². The van der Waals surface area contributed by atoms with Crippen LogP contribution in [0.3, 0.4) is 0 Å². The normalized spacial score (nSPS) is 11.4. The summed E-state index contributed by atoms with van der Waals surface area (Å²) in [5.41, 5.74) is 5.26. The molecular formula is C7H8F3N3O. The van der Waals surface area contributed by atoms with Crippen molar-refractivity contribution in [3.8, 4) is 5.88 Å². The highest BCUT2D eigenvalue weighted by Gasteiger charge is 2.26. The van der Waals surface area contributed by atoms with Gasteiger partial charge in [0.05, 0.1) is 13.0 Å². The van der Waals surface area contributed by atoms with Crippen molar-refractivity contribution >= 4 is 5.82 Å². The number of nitrogen functional groups attached to an aromatic ring is 1. The fourth-order valence-corrected chi connectivity index (χ4v) is 0.704. The Morgan fingerprint density at radius 2 is 2.07 bits per heavy atom. The summed E-state index contributed by atoms with van der Waals surface area (Å²) in [6, 6.07) is 1.26. The van der Waals surface area contributed by atoms with E-state index in [0.29, 0.717) is 0 Å². The number of halogens is 3. The molecule has 0 aliphatic heterocycles. The Hall–Kier alpha value is -1.53. The van der Waals surface area contributed by atoms with Crippen molar-refractivity contribution < 1.29 is 17.9 Å². The van der Waals surface area contributed by atoms with E-state index in [0.717, 1.165) is 6.33 Å². The van der Waals surface area contributed by atoms with Crippen LogP contribution in [0.2, 0.25) is 0 Å². The van der Waals surface area contributed by atoms with Crippen molar-refractivity contribution in [1.29, 1.82) is 0 Å². The number of rotatable bonds is 3. The number of hydrogen-bond acceptors (Lipinski definition) is 4. The molecule has 4 nitrogen and oxygen atoms in total. The highest BCUT2D eigenvalue weighted by molar-refractivity contribution is 5.30. The summed E-state index contributed by atoms with van der Waals surface area (Å²) in [6.07, 6.45) is -4.12. The number of aromatic nitrogens is 2. The number of nitrogens with zero attached hydrogens (tertiary/aromatic N) is 2. The molecule has 1 aromatic heterocycles. The fraction of sp³-hybridized carbons (Fsp3) is 0.429. The average Bonchev–Trinajstić information content (AvgIpc) is 2.01. The summed E-state index contributed by atoms with van der Waals surface area (Å²) >= 11 is 0. The van der Waals surface area contributed by atoms with Gasteiger partial charge in [0.25, 0.3) is 0 Å². The molecule has 7 heteroatoms. The summed E-state index contributed by atoms with van der Waals surface area (Å²) in [4.78, 5) is 7.14. The summed E-state index contributed by atoms with van der Waals surface area (Å²) in [6.45, 7) is -0.472. The topological polar surface area (TPSA) is 61.0 Å². The zero-order valence-corrected chi connectivity index (χ0v) is 7.08. The lowest BCUT2D eigenvalue weighted by molar-refractivity contribution is -0.139. The number of ether oxygens (including phenoxy) is 1. The summed E-state index contributed by atoms with van der Waals surface area (Å²) in [5.74, 6) is 0.198. The van der Waals surface area contributed by atoms with Crippen LogP contribution in [0.1, 0.15) is 6.42 Å². The first kappa shape index (κ1) is 10.6. The van der Waals surface area contributed by atoms with Gasteiger partial charge in [0.1, 0.15) is 12.1 Å². The highest BCUT2D eigenvalue weighted by atomic mass is 19.4. The van der Waals surface area contributed by atoms with Gasteiger partial charge < -0.3 is 10.5 Å². The Morgan fingerprint density at radius 3 is 2.64 bits per heavy atom. The van der Waals surface area contributed by atoms with Gasteiger partial charge >= 0.3 is 6.18 Å². The SMILES string of the molecule is Nc1cc(OCCC(F)(F)F)ncn1. The second-order valence-electron chi connectivity index (χ2n) is 2.49. The third kappa shape index (κ3) is 3.92. The molecule has 14 heavy (non-hydrogen) atoms. The van der Waals surface area contributed by atoms with E-state index >= 15 is 0 Å². The number of hydrogen-bond donors (Lipinski definition) is 1. The van der Waals surface area contributed by atoms with E-state index < -0.39 is 19.2 Å². The van der Waals surface area contributed by atoms with E-state index in [-0.39, 0.29) is 11.7 Å². The quantitative estimate of drug-likeness (QED) is 0.813. The number of nitrogens with two attached hydrogens (primary N) is 1. The molecule has 0 aliphatic carbocycles. The molecular weight excluding hydrogens is 199 g/mol.